The Balaban J connectivity index is 1.64. The van der Waals surface area contributed by atoms with Crippen molar-refractivity contribution in [3.8, 4) is 0 Å². The summed E-state index contributed by atoms with van der Waals surface area (Å²) >= 11 is 6.54. The standard InChI is InChI=1S/C27H30ClN5O3/c1-16-8-4-7-11-22(16)30-18(3)31-27-29-17(2)23(24(32-27)20-9-5-6-10-21(20)28)25(34)33-14-12-19(13-15-33)26(35)36/h4-11,19,24H,12-15H2,1-3H3,(H,35,36)(H2,29,30,31,32). The molecule has 0 aromatic heterocycles. The molecule has 4 rings (SSSR count). The number of para-hydroxylation sites is 1. The number of amidine groups is 1. The van der Waals surface area contributed by atoms with Crippen LogP contribution in [0.3, 0.4) is 0 Å². The van der Waals surface area contributed by atoms with Gasteiger partial charge in [-0.15, -0.1) is 0 Å². The number of rotatable bonds is 4. The maximum atomic E-state index is 13.7. The molecule has 1 unspecified atom stereocenters. The van der Waals surface area contributed by atoms with Gasteiger partial charge in [-0.1, -0.05) is 48.0 Å². The van der Waals surface area contributed by atoms with Crippen LogP contribution in [-0.4, -0.2) is 46.8 Å². The number of piperidine rings is 1. The molecule has 9 heteroatoms. The minimum absolute atomic E-state index is 0.171. The molecule has 188 valence electrons. The number of anilines is 1. The lowest BCUT2D eigenvalue weighted by molar-refractivity contribution is -0.145. The van der Waals surface area contributed by atoms with E-state index in [1.807, 2.05) is 63.2 Å². The van der Waals surface area contributed by atoms with Crippen LogP contribution in [0.5, 0.6) is 0 Å². The predicted octanol–water partition coefficient (Wildman–Crippen LogP) is 4.78. The number of amides is 1. The summed E-state index contributed by atoms with van der Waals surface area (Å²) in [6.45, 7) is 6.47. The minimum Gasteiger partial charge on any atom is -0.481 e. The van der Waals surface area contributed by atoms with E-state index in [1.54, 1.807) is 11.0 Å². The van der Waals surface area contributed by atoms with Crippen molar-refractivity contribution >= 4 is 41.0 Å². The van der Waals surface area contributed by atoms with Crippen LogP contribution < -0.4 is 10.6 Å². The second kappa shape index (κ2) is 11.0. The minimum atomic E-state index is -0.812. The molecule has 1 fully saturated rings. The van der Waals surface area contributed by atoms with E-state index in [9.17, 15) is 14.7 Å². The number of nitrogens with one attached hydrogen (secondary N) is 2. The summed E-state index contributed by atoms with van der Waals surface area (Å²) in [5.41, 5.74) is 3.88. The second-order valence-corrected chi connectivity index (χ2v) is 9.49. The Morgan fingerprint density at radius 2 is 1.78 bits per heavy atom. The number of aryl methyl sites for hydroxylation is 1. The zero-order chi connectivity index (χ0) is 25.8. The third-order valence-electron chi connectivity index (χ3n) is 6.52. The number of likely N-dealkylation sites (tertiary alicyclic amines) is 1. The van der Waals surface area contributed by atoms with Gasteiger partial charge in [0.1, 0.15) is 11.9 Å². The van der Waals surface area contributed by atoms with Crippen LogP contribution >= 0.6 is 11.6 Å². The summed E-state index contributed by atoms with van der Waals surface area (Å²) in [7, 11) is 0. The lowest BCUT2D eigenvalue weighted by atomic mass is 9.92. The van der Waals surface area contributed by atoms with Crippen LogP contribution in [-0.2, 0) is 9.59 Å². The Morgan fingerprint density at radius 3 is 2.44 bits per heavy atom. The third kappa shape index (κ3) is 5.60. The van der Waals surface area contributed by atoms with Gasteiger partial charge in [0.25, 0.3) is 5.91 Å². The molecule has 2 aromatic rings. The number of guanidine groups is 1. The molecule has 2 heterocycles. The number of carboxylic acids is 1. The van der Waals surface area contributed by atoms with E-state index in [2.05, 4.69) is 15.6 Å². The normalized spacial score (nSPS) is 19.0. The fourth-order valence-corrected chi connectivity index (χ4v) is 4.75. The number of aliphatic carboxylic acids is 1. The first-order valence-corrected chi connectivity index (χ1v) is 12.3. The van der Waals surface area contributed by atoms with Gasteiger partial charge in [0.15, 0.2) is 0 Å². The van der Waals surface area contributed by atoms with Crippen LogP contribution in [0, 0.1) is 12.8 Å². The number of allylic oxidation sites excluding steroid dienone is 1. The molecule has 2 aliphatic rings. The van der Waals surface area contributed by atoms with Crippen molar-refractivity contribution < 1.29 is 14.7 Å². The molecule has 1 atom stereocenters. The highest BCUT2D eigenvalue weighted by Gasteiger charge is 2.35. The number of hydrogen-bond acceptors (Lipinski definition) is 5. The quantitative estimate of drug-likeness (QED) is 0.408. The predicted molar refractivity (Wildman–Crippen MR) is 142 cm³/mol. The Hall–Kier alpha value is -3.65. The van der Waals surface area contributed by atoms with E-state index >= 15 is 0 Å². The molecular formula is C27H30ClN5O3. The summed E-state index contributed by atoms with van der Waals surface area (Å²) in [6.07, 6.45) is 0.861. The number of aliphatic imine (C=N–C) groups is 2. The Bertz CT molecular complexity index is 1260. The molecule has 0 saturated carbocycles. The van der Waals surface area contributed by atoms with Gasteiger partial charge in [0.05, 0.1) is 11.5 Å². The molecule has 0 radical (unpaired) electrons. The summed E-state index contributed by atoms with van der Waals surface area (Å²) in [6, 6.07) is 14.6. The average Bonchev–Trinajstić information content (AvgIpc) is 2.85. The smallest absolute Gasteiger partial charge is 0.306 e. The van der Waals surface area contributed by atoms with E-state index in [1.165, 1.54) is 0 Å². The molecule has 2 aromatic carbocycles. The summed E-state index contributed by atoms with van der Waals surface area (Å²) in [5, 5.41) is 16.3. The van der Waals surface area contributed by atoms with E-state index in [0.29, 0.717) is 59.6 Å². The van der Waals surface area contributed by atoms with Gasteiger partial charge in [0.2, 0.25) is 5.96 Å². The molecule has 0 spiro atoms. The molecule has 8 nitrogen and oxygen atoms in total. The Kier molecular flexibility index (Phi) is 7.74. The van der Waals surface area contributed by atoms with Crippen molar-refractivity contribution in [2.75, 3.05) is 18.4 Å². The molecule has 36 heavy (non-hydrogen) atoms. The fraction of sp³-hybridized carbons (Fsp3) is 0.333. The van der Waals surface area contributed by atoms with Gasteiger partial charge in [-0.05, 0) is 51.3 Å². The first-order chi connectivity index (χ1) is 17.2. The van der Waals surface area contributed by atoms with E-state index < -0.39 is 17.9 Å². The van der Waals surface area contributed by atoms with Crippen molar-refractivity contribution in [2.24, 2.45) is 15.9 Å². The number of halogens is 1. The highest BCUT2D eigenvalue weighted by atomic mass is 35.5. The summed E-state index contributed by atoms with van der Waals surface area (Å²) < 4.78 is 0. The van der Waals surface area contributed by atoms with Crippen LogP contribution in [0.4, 0.5) is 5.69 Å². The van der Waals surface area contributed by atoms with Gasteiger partial charge in [-0.2, -0.15) is 0 Å². The van der Waals surface area contributed by atoms with Gasteiger partial charge in [-0.25, -0.2) is 9.98 Å². The van der Waals surface area contributed by atoms with Crippen molar-refractivity contribution in [3.05, 3.63) is 76.0 Å². The van der Waals surface area contributed by atoms with E-state index in [0.717, 1.165) is 11.3 Å². The molecule has 0 aliphatic carbocycles. The Labute approximate surface area is 215 Å². The lowest BCUT2D eigenvalue weighted by Gasteiger charge is -2.34. The summed E-state index contributed by atoms with van der Waals surface area (Å²) in [4.78, 5) is 36.2. The number of benzene rings is 2. The topological polar surface area (TPSA) is 106 Å². The monoisotopic (exact) mass is 507 g/mol. The van der Waals surface area contributed by atoms with Crippen LogP contribution in [0.1, 0.15) is 43.9 Å². The number of carboxylic acid groups (broad SMARTS) is 1. The average molecular weight is 508 g/mol. The summed E-state index contributed by atoms with van der Waals surface area (Å²) in [5.74, 6) is -0.387. The molecule has 2 aliphatic heterocycles. The van der Waals surface area contributed by atoms with E-state index in [4.69, 9.17) is 16.6 Å². The SMILES string of the molecule is CC1=C(C(=O)N2CCC(C(=O)O)CC2)C(c2ccccc2Cl)N=C(/N=C(/C)Nc2ccccc2C)N1. The van der Waals surface area contributed by atoms with Gasteiger partial charge < -0.3 is 20.6 Å². The number of carbonyl (C=O) groups excluding carboxylic acids is 1. The van der Waals surface area contributed by atoms with Crippen molar-refractivity contribution in [2.45, 2.75) is 39.7 Å². The lowest BCUT2D eigenvalue weighted by Crippen LogP contribution is -2.43. The molecule has 1 amide bonds. The van der Waals surface area contributed by atoms with Crippen LogP contribution in [0.2, 0.25) is 5.02 Å². The van der Waals surface area contributed by atoms with Gasteiger partial charge >= 0.3 is 5.97 Å². The second-order valence-electron chi connectivity index (χ2n) is 9.08. The highest BCUT2D eigenvalue weighted by molar-refractivity contribution is 6.31. The highest BCUT2D eigenvalue weighted by Crippen LogP contribution is 2.36. The largest absolute Gasteiger partial charge is 0.481 e. The number of hydrogen-bond donors (Lipinski definition) is 3. The van der Waals surface area contributed by atoms with E-state index in [-0.39, 0.29) is 5.91 Å². The van der Waals surface area contributed by atoms with Crippen LogP contribution in [0.15, 0.2) is 69.8 Å². The fourth-order valence-electron chi connectivity index (χ4n) is 4.51. The molecular weight excluding hydrogens is 478 g/mol. The maximum Gasteiger partial charge on any atom is 0.306 e. The molecule has 0 bridgehead atoms. The number of carbonyl (C=O) groups is 2. The van der Waals surface area contributed by atoms with Gasteiger partial charge in [0, 0.05) is 35.1 Å². The van der Waals surface area contributed by atoms with Crippen molar-refractivity contribution in [1.82, 2.24) is 10.2 Å². The maximum absolute atomic E-state index is 13.7. The first kappa shape index (κ1) is 25.4. The van der Waals surface area contributed by atoms with Gasteiger partial charge in [-0.3, -0.25) is 9.59 Å². The zero-order valence-electron chi connectivity index (χ0n) is 20.6. The number of nitrogens with zero attached hydrogens (tertiary/aromatic N) is 3. The Morgan fingerprint density at radius 1 is 1.11 bits per heavy atom. The van der Waals surface area contributed by atoms with Crippen LogP contribution in [0.25, 0.3) is 0 Å². The molecule has 3 N–H and O–H groups in total. The van der Waals surface area contributed by atoms with Crippen molar-refractivity contribution in [3.63, 3.8) is 0 Å². The van der Waals surface area contributed by atoms with Crippen molar-refractivity contribution in [1.29, 1.82) is 0 Å². The third-order valence-corrected chi connectivity index (χ3v) is 6.87. The first-order valence-electron chi connectivity index (χ1n) is 11.9. The molecule has 1 saturated heterocycles. The zero-order valence-corrected chi connectivity index (χ0v) is 21.3.